The minimum Gasteiger partial charge on any atom is -0.485 e. The van der Waals surface area contributed by atoms with Crippen LogP contribution in [0.25, 0.3) is 0 Å². The number of hydrogen-bond acceptors (Lipinski definition) is 5. The lowest BCUT2D eigenvalue weighted by molar-refractivity contribution is 0.276. The molecule has 0 radical (unpaired) electrons. The molecule has 0 bridgehead atoms. The molecule has 0 amide bonds. The summed E-state index contributed by atoms with van der Waals surface area (Å²) >= 11 is 0. The van der Waals surface area contributed by atoms with Crippen LogP contribution in [0.4, 0.5) is 0 Å². The fourth-order valence-electron chi connectivity index (χ4n) is 2.19. The van der Waals surface area contributed by atoms with E-state index in [-0.39, 0.29) is 6.04 Å². The fourth-order valence-corrected chi connectivity index (χ4v) is 2.19. The van der Waals surface area contributed by atoms with E-state index in [1.54, 1.807) is 0 Å². The number of hydrogen-bond donors (Lipinski definition) is 1. The maximum atomic E-state index is 5.59. The van der Waals surface area contributed by atoms with Gasteiger partial charge in [-0.05, 0) is 31.5 Å². The van der Waals surface area contributed by atoms with Gasteiger partial charge in [-0.3, -0.25) is 0 Å². The molecule has 1 unspecified atom stereocenters. The summed E-state index contributed by atoms with van der Waals surface area (Å²) in [6.45, 7) is 1.35. The van der Waals surface area contributed by atoms with E-state index < -0.39 is 0 Å². The lowest BCUT2D eigenvalue weighted by atomic mass is 10.1. The maximum absolute atomic E-state index is 5.59. The summed E-state index contributed by atoms with van der Waals surface area (Å²) < 4.78 is 10.9. The molecule has 1 aromatic heterocycles. The van der Waals surface area contributed by atoms with E-state index in [2.05, 4.69) is 15.5 Å². The number of rotatable bonds is 4. The monoisotopic (exact) mass is 259 g/mol. The summed E-state index contributed by atoms with van der Waals surface area (Å²) in [7, 11) is 0. The average Bonchev–Trinajstić information content (AvgIpc) is 2.96. The minimum absolute atomic E-state index is 0.201. The van der Waals surface area contributed by atoms with E-state index in [0.29, 0.717) is 18.3 Å². The fraction of sp³-hybridized carbons (Fsp3) is 0.429. The third-order valence-corrected chi connectivity index (χ3v) is 3.20. The number of nitrogens with one attached hydrogen (secondary N) is 1. The van der Waals surface area contributed by atoms with Gasteiger partial charge in [0.1, 0.15) is 5.75 Å². The predicted octanol–water partition coefficient (Wildman–Crippen LogP) is 2.46. The Morgan fingerprint density at radius 2 is 2.16 bits per heavy atom. The smallest absolute Gasteiger partial charge is 0.243 e. The van der Waals surface area contributed by atoms with E-state index in [4.69, 9.17) is 9.26 Å². The molecule has 2 aromatic rings. The van der Waals surface area contributed by atoms with Crippen LogP contribution in [0.3, 0.4) is 0 Å². The van der Waals surface area contributed by atoms with E-state index in [1.165, 1.54) is 12.8 Å². The first-order chi connectivity index (χ1) is 9.42. The number of ether oxygens (including phenoxy) is 1. The normalized spacial score (nSPS) is 19.3. The standard InChI is InChI=1S/C14H17N3O2/c1-2-6-11(7-3-1)18-10-13-16-14(19-17-13)12-8-4-5-9-15-12/h1-3,6-7,12,15H,4-5,8-10H2. The molecule has 1 saturated heterocycles. The molecule has 0 aliphatic carbocycles. The van der Waals surface area contributed by atoms with Gasteiger partial charge in [-0.15, -0.1) is 0 Å². The molecule has 1 aromatic carbocycles. The second kappa shape index (κ2) is 5.84. The highest BCUT2D eigenvalue weighted by atomic mass is 16.5. The van der Waals surface area contributed by atoms with Gasteiger partial charge in [0.15, 0.2) is 6.61 Å². The molecule has 0 saturated carbocycles. The molecule has 1 fully saturated rings. The van der Waals surface area contributed by atoms with Gasteiger partial charge in [0.05, 0.1) is 6.04 Å². The van der Waals surface area contributed by atoms with Gasteiger partial charge in [-0.25, -0.2) is 0 Å². The van der Waals surface area contributed by atoms with E-state index in [9.17, 15) is 0 Å². The lowest BCUT2D eigenvalue weighted by Crippen LogP contribution is -2.27. The van der Waals surface area contributed by atoms with Gasteiger partial charge in [0.25, 0.3) is 0 Å². The highest BCUT2D eigenvalue weighted by molar-refractivity contribution is 5.20. The van der Waals surface area contributed by atoms with Crippen LogP contribution < -0.4 is 10.1 Å². The quantitative estimate of drug-likeness (QED) is 0.914. The molecule has 5 heteroatoms. The summed E-state index contributed by atoms with van der Waals surface area (Å²) in [5.74, 6) is 2.07. The van der Waals surface area contributed by atoms with Crippen molar-refractivity contribution in [1.29, 1.82) is 0 Å². The number of piperidine rings is 1. The van der Waals surface area contributed by atoms with Crippen molar-refractivity contribution in [2.24, 2.45) is 0 Å². The number of para-hydroxylation sites is 1. The van der Waals surface area contributed by atoms with Crippen LogP contribution in [0.2, 0.25) is 0 Å². The third-order valence-electron chi connectivity index (χ3n) is 3.20. The number of nitrogens with zero attached hydrogens (tertiary/aromatic N) is 2. The molecule has 5 nitrogen and oxygen atoms in total. The zero-order chi connectivity index (χ0) is 12.9. The van der Waals surface area contributed by atoms with Crippen molar-refractivity contribution in [3.63, 3.8) is 0 Å². The molecule has 1 atom stereocenters. The van der Waals surface area contributed by atoms with E-state index in [0.717, 1.165) is 18.7 Å². The molecule has 100 valence electrons. The van der Waals surface area contributed by atoms with Gasteiger partial charge in [-0.1, -0.05) is 29.8 Å². The minimum atomic E-state index is 0.201. The van der Waals surface area contributed by atoms with Crippen LogP contribution in [-0.4, -0.2) is 16.7 Å². The Labute approximate surface area is 112 Å². The molecule has 0 spiro atoms. The highest BCUT2D eigenvalue weighted by Crippen LogP contribution is 2.21. The van der Waals surface area contributed by atoms with Gasteiger partial charge < -0.3 is 14.6 Å². The Hall–Kier alpha value is -1.88. The molecule has 3 rings (SSSR count). The first-order valence-electron chi connectivity index (χ1n) is 6.65. The van der Waals surface area contributed by atoms with Crippen LogP contribution in [-0.2, 0) is 6.61 Å². The maximum Gasteiger partial charge on any atom is 0.243 e. The first-order valence-corrected chi connectivity index (χ1v) is 6.65. The molecule has 1 aliphatic rings. The van der Waals surface area contributed by atoms with Crippen molar-refractivity contribution < 1.29 is 9.26 Å². The second-order valence-corrected chi connectivity index (χ2v) is 4.65. The van der Waals surface area contributed by atoms with Crippen molar-refractivity contribution >= 4 is 0 Å². The molecule has 1 aliphatic heterocycles. The average molecular weight is 259 g/mol. The van der Waals surface area contributed by atoms with Crippen molar-refractivity contribution in [2.45, 2.75) is 31.9 Å². The Morgan fingerprint density at radius 1 is 1.26 bits per heavy atom. The number of aromatic nitrogens is 2. The summed E-state index contributed by atoms with van der Waals surface area (Å²) in [5.41, 5.74) is 0. The van der Waals surface area contributed by atoms with Crippen molar-refractivity contribution in [2.75, 3.05) is 6.54 Å². The predicted molar refractivity (Wildman–Crippen MR) is 69.7 cm³/mol. The topological polar surface area (TPSA) is 60.2 Å². The molecular formula is C14H17N3O2. The van der Waals surface area contributed by atoms with Crippen molar-refractivity contribution in [1.82, 2.24) is 15.5 Å². The van der Waals surface area contributed by atoms with Crippen LogP contribution in [0.1, 0.15) is 37.0 Å². The summed E-state index contributed by atoms with van der Waals surface area (Å²) in [4.78, 5) is 4.38. The first kappa shape index (κ1) is 12.2. The largest absolute Gasteiger partial charge is 0.485 e. The Balaban J connectivity index is 1.58. The Bertz CT molecular complexity index is 506. The van der Waals surface area contributed by atoms with Crippen molar-refractivity contribution in [3.05, 3.63) is 42.0 Å². The molecule has 2 heterocycles. The van der Waals surface area contributed by atoms with Gasteiger partial charge in [0.2, 0.25) is 11.7 Å². The van der Waals surface area contributed by atoms with Crippen molar-refractivity contribution in [3.8, 4) is 5.75 Å². The lowest BCUT2D eigenvalue weighted by Gasteiger charge is -2.19. The third kappa shape index (κ3) is 3.12. The van der Waals surface area contributed by atoms with E-state index >= 15 is 0 Å². The second-order valence-electron chi connectivity index (χ2n) is 4.65. The van der Waals surface area contributed by atoms with Gasteiger partial charge in [0, 0.05) is 0 Å². The van der Waals surface area contributed by atoms with Crippen LogP contribution in [0.5, 0.6) is 5.75 Å². The molecule has 1 N–H and O–H groups in total. The Morgan fingerprint density at radius 3 is 2.95 bits per heavy atom. The Kier molecular flexibility index (Phi) is 3.74. The van der Waals surface area contributed by atoms with Gasteiger partial charge in [-0.2, -0.15) is 4.98 Å². The van der Waals surface area contributed by atoms with Gasteiger partial charge >= 0.3 is 0 Å². The highest BCUT2D eigenvalue weighted by Gasteiger charge is 2.20. The molecule has 19 heavy (non-hydrogen) atoms. The summed E-state index contributed by atoms with van der Waals surface area (Å²) in [6.07, 6.45) is 3.48. The summed E-state index contributed by atoms with van der Waals surface area (Å²) in [6, 6.07) is 9.83. The van der Waals surface area contributed by atoms with Crippen LogP contribution in [0.15, 0.2) is 34.9 Å². The van der Waals surface area contributed by atoms with Crippen LogP contribution in [0, 0.1) is 0 Å². The number of benzene rings is 1. The van der Waals surface area contributed by atoms with Crippen LogP contribution >= 0.6 is 0 Å². The summed E-state index contributed by atoms with van der Waals surface area (Å²) in [5, 5.41) is 7.34. The SMILES string of the molecule is c1ccc(OCc2noc(C3CCCCN3)n2)cc1. The zero-order valence-electron chi connectivity index (χ0n) is 10.7. The zero-order valence-corrected chi connectivity index (χ0v) is 10.7. The van der Waals surface area contributed by atoms with E-state index in [1.807, 2.05) is 30.3 Å². The molecular weight excluding hydrogens is 242 g/mol.